The number of nitrogens with zero attached hydrogens (tertiary/aromatic N) is 2. The van der Waals surface area contributed by atoms with E-state index >= 15 is 0 Å². The summed E-state index contributed by atoms with van der Waals surface area (Å²) in [6.07, 6.45) is 4.45. The van der Waals surface area contributed by atoms with Crippen LogP contribution in [0.4, 0.5) is 5.82 Å². The first-order chi connectivity index (χ1) is 12.7. The van der Waals surface area contributed by atoms with Gasteiger partial charge in [-0.2, -0.15) is 0 Å². The number of fused-ring (bicyclic) bond motifs is 3. The van der Waals surface area contributed by atoms with E-state index in [0.29, 0.717) is 18.5 Å². The summed E-state index contributed by atoms with van der Waals surface area (Å²) in [4.78, 5) is 11.6. The highest BCUT2D eigenvalue weighted by atomic mass is 32.2. The quantitative estimate of drug-likeness (QED) is 0.485. The number of rotatable bonds is 6. The van der Waals surface area contributed by atoms with E-state index in [-0.39, 0.29) is 0 Å². The largest absolute Gasteiger partial charge is 0.383 e. The summed E-state index contributed by atoms with van der Waals surface area (Å²) in [6, 6.07) is 10.5. The van der Waals surface area contributed by atoms with E-state index < -0.39 is 0 Å². The van der Waals surface area contributed by atoms with E-state index in [9.17, 15) is 0 Å². The summed E-state index contributed by atoms with van der Waals surface area (Å²) in [5.74, 6) is 1.56. The number of aryl methyl sites for hydroxylation is 1. The van der Waals surface area contributed by atoms with Crippen molar-refractivity contribution >= 4 is 39.1 Å². The third-order valence-corrected chi connectivity index (χ3v) is 6.65. The molecule has 2 N–H and O–H groups in total. The van der Waals surface area contributed by atoms with Crippen molar-refractivity contribution in [2.45, 2.75) is 50.5 Å². The van der Waals surface area contributed by atoms with Crippen LogP contribution in [0.25, 0.3) is 10.2 Å². The third-order valence-electron chi connectivity index (χ3n) is 4.70. The molecule has 1 aliphatic heterocycles. The Bertz CT molecular complexity index is 895. The van der Waals surface area contributed by atoms with Gasteiger partial charge in [0.1, 0.15) is 10.6 Å². The van der Waals surface area contributed by atoms with Crippen LogP contribution in [0.5, 0.6) is 0 Å². The zero-order chi connectivity index (χ0) is 17.9. The number of aromatic nitrogens is 2. The van der Waals surface area contributed by atoms with Crippen molar-refractivity contribution in [2.24, 2.45) is 0 Å². The molecule has 3 aromatic rings. The lowest BCUT2D eigenvalue weighted by Gasteiger charge is -2.22. The van der Waals surface area contributed by atoms with Gasteiger partial charge in [-0.15, -0.1) is 11.3 Å². The van der Waals surface area contributed by atoms with Gasteiger partial charge in [0, 0.05) is 17.1 Å². The maximum Gasteiger partial charge on any atom is 0.190 e. The first-order valence-electron chi connectivity index (χ1n) is 9.10. The van der Waals surface area contributed by atoms with Crippen LogP contribution in [0.2, 0.25) is 0 Å². The van der Waals surface area contributed by atoms with Crippen molar-refractivity contribution in [3.8, 4) is 0 Å². The third kappa shape index (κ3) is 3.72. The van der Waals surface area contributed by atoms with Gasteiger partial charge in [-0.1, -0.05) is 55.4 Å². The molecule has 1 aliphatic rings. The first kappa shape index (κ1) is 17.8. The van der Waals surface area contributed by atoms with Crippen molar-refractivity contribution in [2.75, 3.05) is 11.5 Å². The number of thioether (sulfide) groups is 1. The van der Waals surface area contributed by atoms with E-state index in [1.807, 2.05) is 6.07 Å². The Morgan fingerprint density at radius 3 is 2.92 bits per heavy atom. The zero-order valence-corrected chi connectivity index (χ0v) is 16.5. The van der Waals surface area contributed by atoms with Gasteiger partial charge in [0.2, 0.25) is 0 Å². The maximum atomic E-state index is 6.33. The van der Waals surface area contributed by atoms with Crippen LogP contribution in [0.3, 0.4) is 0 Å². The predicted octanol–water partition coefficient (Wildman–Crippen LogP) is 4.85. The lowest BCUT2D eigenvalue weighted by molar-refractivity contribution is 0.0254. The Morgan fingerprint density at radius 2 is 2.12 bits per heavy atom. The van der Waals surface area contributed by atoms with E-state index in [1.165, 1.54) is 16.0 Å². The van der Waals surface area contributed by atoms with E-state index in [1.54, 1.807) is 23.1 Å². The molecule has 1 unspecified atom stereocenters. The molecule has 1 atom stereocenters. The molecule has 0 radical (unpaired) electrons. The Labute approximate surface area is 162 Å². The van der Waals surface area contributed by atoms with Crippen LogP contribution in [0, 0.1) is 0 Å². The molecule has 3 heterocycles. The SMILES string of the molecule is CCCC1Cc2c(sc3nc(SCCc4ccccc4)nc(N)c23)CO1. The number of thiophene rings is 1. The van der Waals surface area contributed by atoms with Gasteiger partial charge in [-0.3, -0.25) is 0 Å². The number of anilines is 1. The van der Waals surface area contributed by atoms with Crippen molar-refractivity contribution in [1.82, 2.24) is 9.97 Å². The fraction of sp³-hybridized carbons (Fsp3) is 0.400. The lowest BCUT2D eigenvalue weighted by Crippen LogP contribution is -2.21. The average Bonchev–Trinajstić information content (AvgIpc) is 3.01. The molecule has 0 spiro atoms. The summed E-state index contributed by atoms with van der Waals surface area (Å²) in [5.41, 5.74) is 8.98. The van der Waals surface area contributed by atoms with Crippen LogP contribution in [0.15, 0.2) is 35.5 Å². The number of nitrogens with two attached hydrogens (primary N) is 1. The van der Waals surface area contributed by atoms with E-state index in [0.717, 1.165) is 46.8 Å². The second-order valence-corrected chi connectivity index (χ2v) is 8.73. The Morgan fingerprint density at radius 1 is 1.27 bits per heavy atom. The number of nitrogen functional groups attached to an aromatic ring is 1. The van der Waals surface area contributed by atoms with Gasteiger partial charge in [0.05, 0.1) is 18.1 Å². The summed E-state index contributed by atoms with van der Waals surface area (Å²) in [6.45, 7) is 2.87. The Kier molecular flexibility index (Phi) is 5.43. The van der Waals surface area contributed by atoms with E-state index in [2.05, 4.69) is 36.2 Å². The predicted molar refractivity (Wildman–Crippen MR) is 110 cm³/mol. The number of hydrogen-bond acceptors (Lipinski definition) is 6. The molecule has 0 saturated heterocycles. The summed E-state index contributed by atoms with van der Waals surface area (Å²) >= 11 is 3.38. The van der Waals surface area contributed by atoms with Gasteiger partial charge < -0.3 is 10.5 Å². The summed E-state index contributed by atoms with van der Waals surface area (Å²) in [5, 5.41) is 1.83. The molecule has 0 saturated carbocycles. The van der Waals surface area contributed by atoms with Crippen LogP contribution < -0.4 is 5.73 Å². The van der Waals surface area contributed by atoms with E-state index in [4.69, 9.17) is 15.5 Å². The molecule has 26 heavy (non-hydrogen) atoms. The lowest BCUT2D eigenvalue weighted by atomic mass is 10.0. The molecule has 1 aromatic carbocycles. The molecule has 0 fully saturated rings. The summed E-state index contributed by atoms with van der Waals surface area (Å²) in [7, 11) is 0. The Hall–Kier alpha value is -1.63. The molecular weight excluding hydrogens is 362 g/mol. The fourth-order valence-electron chi connectivity index (χ4n) is 3.40. The molecule has 6 heteroatoms. The second kappa shape index (κ2) is 7.94. The topological polar surface area (TPSA) is 61.0 Å². The monoisotopic (exact) mass is 385 g/mol. The van der Waals surface area contributed by atoms with Gasteiger partial charge in [0.15, 0.2) is 5.16 Å². The smallest absolute Gasteiger partial charge is 0.190 e. The van der Waals surface area contributed by atoms with Gasteiger partial charge in [-0.25, -0.2) is 9.97 Å². The van der Waals surface area contributed by atoms with Crippen molar-refractivity contribution in [1.29, 1.82) is 0 Å². The van der Waals surface area contributed by atoms with Crippen molar-refractivity contribution < 1.29 is 4.74 Å². The average molecular weight is 386 g/mol. The van der Waals surface area contributed by atoms with Crippen LogP contribution in [-0.2, 0) is 24.2 Å². The van der Waals surface area contributed by atoms with Crippen LogP contribution in [-0.4, -0.2) is 21.8 Å². The van der Waals surface area contributed by atoms with Gasteiger partial charge in [-0.05, 0) is 24.0 Å². The fourth-order valence-corrected chi connectivity index (χ4v) is 5.43. The minimum atomic E-state index is 0.296. The molecule has 136 valence electrons. The molecule has 2 aromatic heterocycles. The standard InChI is InChI=1S/C20H23N3OS2/c1-2-6-14-11-15-16(12-24-14)26-19-17(15)18(21)22-20(23-19)25-10-9-13-7-4-3-5-8-13/h3-5,7-8,14H,2,6,9-12H2,1H3,(H2,21,22,23). The molecular formula is C20H23N3OS2. The minimum Gasteiger partial charge on any atom is -0.383 e. The van der Waals surface area contributed by atoms with Crippen LogP contribution >= 0.6 is 23.1 Å². The molecule has 4 rings (SSSR count). The van der Waals surface area contributed by atoms with Crippen molar-refractivity contribution in [3.05, 3.63) is 46.3 Å². The summed E-state index contributed by atoms with van der Waals surface area (Å²) < 4.78 is 5.97. The Balaban J connectivity index is 1.52. The van der Waals surface area contributed by atoms with Gasteiger partial charge in [0.25, 0.3) is 0 Å². The number of hydrogen-bond donors (Lipinski definition) is 1. The van der Waals surface area contributed by atoms with Gasteiger partial charge >= 0.3 is 0 Å². The molecule has 0 bridgehead atoms. The molecule has 4 nitrogen and oxygen atoms in total. The van der Waals surface area contributed by atoms with Crippen LogP contribution in [0.1, 0.15) is 35.8 Å². The maximum absolute atomic E-state index is 6.33. The highest BCUT2D eigenvalue weighted by Crippen LogP contribution is 2.38. The first-order valence-corrected chi connectivity index (χ1v) is 10.9. The zero-order valence-electron chi connectivity index (χ0n) is 14.9. The second-order valence-electron chi connectivity index (χ2n) is 6.59. The molecule has 0 amide bonds. The number of benzene rings is 1. The van der Waals surface area contributed by atoms with Crippen molar-refractivity contribution in [3.63, 3.8) is 0 Å². The molecule has 0 aliphatic carbocycles. The number of ether oxygens (including phenoxy) is 1. The minimum absolute atomic E-state index is 0.296. The highest BCUT2D eigenvalue weighted by Gasteiger charge is 2.25. The normalized spacial score (nSPS) is 16.7. The highest BCUT2D eigenvalue weighted by molar-refractivity contribution is 7.99.